The highest BCUT2D eigenvalue weighted by Crippen LogP contribution is 2.32. The molecule has 50 heavy (non-hydrogen) atoms. The first-order valence-electron chi connectivity index (χ1n) is 16.2. The molecule has 0 bridgehead atoms. The van der Waals surface area contributed by atoms with E-state index in [4.69, 9.17) is 16.7 Å². The van der Waals surface area contributed by atoms with Gasteiger partial charge in [0.15, 0.2) is 0 Å². The number of amides is 2. The van der Waals surface area contributed by atoms with Crippen LogP contribution in [0.25, 0.3) is 11.0 Å². The van der Waals surface area contributed by atoms with E-state index in [9.17, 15) is 9.59 Å². The highest BCUT2D eigenvalue weighted by atomic mass is 79.9. The number of anilines is 3. The molecular weight excluding hydrogens is 770 g/mol. The van der Waals surface area contributed by atoms with Gasteiger partial charge in [0.05, 0.1) is 63.9 Å². The molecule has 4 atom stereocenters. The van der Waals surface area contributed by atoms with E-state index in [1.54, 1.807) is 9.03 Å². The first-order chi connectivity index (χ1) is 24.1. The summed E-state index contributed by atoms with van der Waals surface area (Å²) in [4.78, 5) is 34.4. The second-order valence-electron chi connectivity index (χ2n) is 12.4. The molecule has 17 heteroatoms. The Bertz CT molecular complexity index is 2070. The minimum absolute atomic E-state index is 0.0669. The Labute approximate surface area is 305 Å². The third kappa shape index (κ3) is 7.23. The van der Waals surface area contributed by atoms with Crippen molar-refractivity contribution in [1.29, 1.82) is 5.26 Å². The number of rotatable bonds is 9. The SMILES string of the molecule is CC[C@H]1CN(c2ncc(C#N)cn2)C[C@H]1Nc1c(C(N)=O)cnn2cc(Br)cc12.CC[C@H]1CNC[C@H]1Nc1c(C(N)=O)cnn2cc(Br)cc12. The van der Waals surface area contributed by atoms with Crippen LogP contribution in [0.3, 0.4) is 0 Å². The number of carbonyl (C=O) groups excluding carboxylic acids is 2. The van der Waals surface area contributed by atoms with E-state index in [2.05, 4.69) is 86.7 Å². The molecule has 0 radical (unpaired) electrons. The molecule has 260 valence electrons. The number of hydrogen-bond acceptors (Lipinski definition) is 11. The van der Waals surface area contributed by atoms with Crippen LogP contribution in [0.2, 0.25) is 0 Å². The van der Waals surface area contributed by atoms with E-state index < -0.39 is 11.8 Å². The monoisotopic (exact) mass is 805 g/mol. The summed E-state index contributed by atoms with van der Waals surface area (Å²) in [5.41, 5.74) is 15.4. The van der Waals surface area contributed by atoms with E-state index in [1.807, 2.05) is 30.6 Å². The number of halogens is 2. The van der Waals surface area contributed by atoms with Crippen LogP contribution in [0.4, 0.5) is 17.3 Å². The van der Waals surface area contributed by atoms with E-state index in [1.165, 1.54) is 24.8 Å². The summed E-state index contributed by atoms with van der Waals surface area (Å²) in [5.74, 6) is 0.452. The molecule has 0 spiro atoms. The molecular formula is C33H37Br2N13O2. The Morgan fingerprint density at radius 2 is 1.40 bits per heavy atom. The summed E-state index contributed by atoms with van der Waals surface area (Å²) in [6, 6.07) is 6.22. The van der Waals surface area contributed by atoms with Crippen molar-refractivity contribution in [3.05, 3.63) is 74.9 Å². The highest BCUT2D eigenvalue weighted by Gasteiger charge is 2.34. The van der Waals surface area contributed by atoms with Gasteiger partial charge in [-0.25, -0.2) is 19.0 Å². The van der Waals surface area contributed by atoms with Crippen molar-refractivity contribution in [2.24, 2.45) is 23.3 Å². The van der Waals surface area contributed by atoms with Crippen molar-refractivity contribution >= 4 is 72.0 Å². The van der Waals surface area contributed by atoms with Crippen LogP contribution in [-0.2, 0) is 0 Å². The maximum absolute atomic E-state index is 12.0. The number of primary amides is 2. The zero-order chi connectivity index (χ0) is 35.5. The van der Waals surface area contributed by atoms with Gasteiger partial charge in [-0.05, 0) is 62.2 Å². The predicted octanol–water partition coefficient (Wildman–Crippen LogP) is 3.79. The molecule has 7 heterocycles. The predicted molar refractivity (Wildman–Crippen MR) is 197 cm³/mol. The van der Waals surface area contributed by atoms with Crippen LogP contribution in [-0.4, -0.2) is 79.3 Å². The molecule has 0 aliphatic carbocycles. The lowest BCUT2D eigenvalue weighted by atomic mass is 10.00. The van der Waals surface area contributed by atoms with Crippen LogP contribution in [0, 0.1) is 23.2 Å². The fourth-order valence-corrected chi connectivity index (χ4v) is 7.40. The fraction of sp³-hybridized carbons (Fsp3) is 0.364. The van der Waals surface area contributed by atoms with Crippen molar-refractivity contribution < 1.29 is 9.59 Å². The van der Waals surface area contributed by atoms with Gasteiger partial charge in [-0.3, -0.25) is 9.59 Å². The summed E-state index contributed by atoms with van der Waals surface area (Å²) in [6.07, 6.45) is 11.8. The second-order valence-corrected chi connectivity index (χ2v) is 14.2. The summed E-state index contributed by atoms with van der Waals surface area (Å²) in [7, 11) is 0. The van der Waals surface area contributed by atoms with Crippen molar-refractivity contribution in [3.8, 4) is 6.07 Å². The van der Waals surface area contributed by atoms with E-state index >= 15 is 0 Å². The van der Waals surface area contributed by atoms with Gasteiger partial charge in [0.25, 0.3) is 11.8 Å². The molecule has 7 rings (SSSR count). The second kappa shape index (κ2) is 15.0. The molecule has 2 aliphatic rings. The van der Waals surface area contributed by atoms with E-state index in [0.717, 1.165) is 58.1 Å². The van der Waals surface area contributed by atoms with Crippen LogP contribution in [0.5, 0.6) is 0 Å². The third-order valence-corrected chi connectivity index (χ3v) is 10.1. The summed E-state index contributed by atoms with van der Waals surface area (Å²) in [6.45, 7) is 7.63. The molecule has 7 N–H and O–H groups in total. The topological polar surface area (TPSA) is 210 Å². The zero-order valence-electron chi connectivity index (χ0n) is 27.5. The smallest absolute Gasteiger partial charge is 0.252 e. The quantitative estimate of drug-likeness (QED) is 0.145. The van der Waals surface area contributed by atoms with Gasteiger partial charge in [0.1, 0.15) is 6.07 Å². The molecule has 0 saturated carbocycles. The molecule has 0 unspecified atom stereocenters. The number of fused-ring (bicyclic) bond motifs is 2. The van der Waals surface area contributed by atoms with Gasteiger partial charge in [0.2, 0.25) is 5.95 Å². The Hall–Kier alpha value is -4.79. The number of aromatic nitrogens is 6. The first kappa shape index (κ1) is 35.1. The molecule has 5 aromatic rings. The number of nitrogens with one attached hydrogen (secondary N) is 3. The first-order valence-corrected chi connectivity index (χ1v) is 17.8. The largest absolute Gasteiger partial charge is 0.378 e. The van der Waals surface area contributed by atoms with Gasteiger partial charge in [-0.1, -0.05) is 20.3 Å². The van der Waals surface area contributed by atoms with Crippen LogP contribution in [0.15, 0.2) is 58.3 Å². The lowest BCUT2D eigenvalue weighted by molar-refractivity contribution is 0.0992. The minimum Gasteiger partial charge on any atom is -0.378 e. The minimum atomic E-state index is -0.529. The van der Waals surface area contributed by atoms with Crippen LogP contribution >= 0.6 is 31.9 Å². The number of hydrogen-bond donors (Lipinski definition) is 5. The summed E-state index contributed by atoms with van der Waals surface area (Å²) < 4.78 is 5.22. The van der Waals surface area contributed by atoms with Crippen LogP contribution < -0.4 is 32.3 Å². The maximum atomic E-state index is 12.0. The van der Waals surface area contributed by atoms with Gasteiger partial charge in [-0.15, -0.1) is 0 Å². The maximum Gasteiger partial charge on any atom is 0.252 e. The Balaban J connectivity index is 0.000000182. The van der Waals surface area contributed by atoms with Gasteiger partial charge in [-0.2, -0.15) is 15.5 Å². The molecule has 2 amide bonds. The van der Waals surface area contributed by atoms with Crippen LogP contribution in [0.1, 0.15) is 53.0 Å². The average Bonchev–Trinajstić information content (AvgIpc) is 3.90. The summed E-state index contributed by atoms with van der Waals surface area (Å²) >= 11 is 6.90. The lowest BCUT2D eigenvalue weighted by Gasteiger charge is -2.21. The molecule has 2 fully saturated rings. The standard InChI is InChI=1S/C19H19BrN8O.C14H18BrN5O/c1-2-12-8-27(19-23-5-11(4-21)6-24-19)10-15(12)26-17-14(18(22)29)7-25-28-9-13(20)3-16(17)28;1-2-8-4-17-6-11(8)19-13-10(14(16)21)5-18-20-7-9(15)3-12(13)20/h3,5-7,9,12,15,26H,2,8,10H2,1H3,(H2,22,29);3,5,7-8,11,17,19H,2,4,6H2,1H3,(H2,16,21)/t12-,15+;8-,11+/m00/s1. The van der Waals surface area contributed by atoms with Gasteiger partial charge < -0.3 is 32.3 Å². The molecule has 0 aromatic carbocycles. The molecule has 15 nitrogen and oxygen atoms in total. The highest BCUT2D eigenvalue weighted by molar-refractivity contribution is 9.10. The Morgan fingerprint density at radius 3 is 1.90 bits per heavy atom. The van der Waals surface area contributed by atoms with Crippen molar-refractivity contribution in [3.63, 3.8) is 0 Å². The normalized spacial score (nSPS) is 20.0. The molecule has 5 aromatic heterocycles. The van der Waals surface area contributed by atoms with Crippen molar-refractivity contribution in [2.45, 2.75) is 38.8 Å². The lowest BCUT2D eigenvalue weighted by Crippen LogP contribution is -2.31. The number of carbonyl (C=O) groups is 2. The van der Waals surface area contributed by atoms with Gasteiger partial charge in [0, 0.05) is 59.6 Å². The molecule has 2 aliphatic heterocycles. The fourth-order valence-electron chi connectivity index (χ4n) is 6.58. The van der Waals surface area contributed by atoms with Gasteiger partial charge >= 0.3 is 0 Å². The van der Waals surface area contributed by atoms with Crippen molar-refractivity contribution in [1.82, 2.24) is 34.5 Å². The summed E-state index contributed by atoms with van der Waals surface area (Å²) in [5, 5.41) is 27.9. The van der Waals surface area contributed by atoms with E-state index in [-0.39, 0.29) is 12.1 Å². The number of nitrogens with two attached hydrogens (primary N) is 2. The number of nitriles is 1. The Kier molecular flexibility index (Phi) is 10.5. The van der Waals surface area contributed by atoms with Crippen molar-refractivity contribution in [2.75, 3.05) is 41.7 Å². The average molecular weight is 808 g/mol. The Morgan fingerprint density at radius 1 is 0.860 bits per heavy atom. The third-order valence-electron chi connectivity index (χ3n) is 9.28. The molecule has 2 saturated heterocycles. The number of nitrogens with zero attached hydrogens (tertiary/aromatic N) is 8. The van der Waals surface area contributed by atoms with E-state index in [0.29, 0.717) is 46.7 Å². The zero-order valence-corrected chi connectivity index (χ0v) is 30.6.